The van der Waals surface area contributed by atoms with Crippen LogP contribution >= 0.6 is 22.9 Å². The van der Waals surface area contributed by atoms with Crippen molar-refractivity contribution in [1.29, 1.82) is 0 Å². The minimum atomic E-state index is 0.208. The van der Waals surface area contributed by atoms with Crippen LogP contribution in [0.25, 0.3) is 10.1 Å². The van der Waals surface area contributed by atoms with E-state index < -0.39 is 0 Å². The highest BCUT2D eigenvalue weighted by Crippen LogP contribution is 2.37. The summed E-state index contributed by atoms with van der Waals surface area (Å²) in [5.41, 5.74) is 0. The summed E-state index contributed by atoms with van der Waals surface area (Å²) >= 11 is 8.27. The Balaban J connectivity index is 1.54. The van der Waals surface area contributed by atoms with Gasteiger partial charge in [-0.25, -0.2) is 0 Å². The molecule has 20 heavy (non-hydrogen) atoms. The Bertz CT molecular complexity index is 668. The normalized spacial score (nSPS) is 26.1. The lowest BCUT2D eigenvalue weighted by Gasteiger charge is -2.15. The summed E-state index contributed by atoms with van der Waals surface area (Å²) in [6.07, 6.45) is 0.682. The van der Waals surface area contributed by atoms with Gasteiger partial charge in [0.1, 0.15) is 0 Å². The molecule has 3 heterocycles. The van der Waals surface area contributed by atoms with E-state index in [4.69, 9.17) is 11.6 Å². The molecule has 2 fully saturated rings. The van der Waals surface area contributed by atoms with Gasteiger partial charge in [-0.2, -0.15) is 0 Å². The molecule has 0 aliphatic carbocycles. The van der Waals surface area contributed by atoms with E-state index in [-0.39, 0.29) is 5.91 Å². The summed E-state index contributed by atoms with van der Waals surface area (Å²) in [5, 5.41) is 5.11. The number of nitrogens with one attached hydrogen (secondary N) is 1. The maximum Gasteiger partial charge on any atom is 0.220 e. The standard InChI is InChI=1S/C15H15ClN2OS/c16-15-10-3-1-2-4-12(10)20-13(15)8-18-6-9-5-14(19)17-11(9)7-18/h1-4,9,11H,5-8H2,(H,17,19)/t9-,11+/m0/s1. The van der Waals surface area contributed by atoms with E-state index in [1.165, 1.54) is 9.58 Å². The fourth-order valence-corrected chi connectivity index (χ4v) is 4.87. The van der Waals surface area contributed by atoms with Gasteiger partial charge < -0.3 is 5.32 Å². The minimum absolute atomic E-state index is 0.208. The molecule has 5 heteroatoms. The summed E-state index contributed by atoms with van der Waals surface area (Å²) in [6, 6.07) is 8.62. The Morgan fingerprint density at radius 1 is 1.35 bits per heavy atom. The lowest BCUT2D eigenvalue weighted by Crippen LogP contribution is -2.32. The molecular formula is C15H15ClN2OS. The number of amides is 1. The van der Waals surface area contributed by atoms with E-state index >= 15 is 0 Å². The van der Waals surface area contributed by atoms with Crippen LogP contribution < -0.4 is 5.32 Å². The van der Waals surface area contributed by atoms with Gasteiger partial charge in [0.15, 0.2) is 0 Å². The maximum absolute atomic E-state index is 11.3. The third kappa shape index (κ3) is 2.03. The third-order valence-electron chi connectivity index (χ3n) is 4.28. The van der Waals surface area contributed by atoms with Crippen molar-refractivity contribution < 1.29 is 4.79 Å². The monoisotopic (exact) mass is 306 g/mol. The summed E-state index contributed by atoms with van der Waals surface area (Å²) in [7, 11) is 0. The first kappa shape index (κ1) is 12.6. The number of likely N-dealkylation sites (tertiary alicyclic amines) is 1. The number of nitrogens with zero attached hydrogens (tertiary/aromatic N) is 1. The second-order valence-corrected chi connectivity index (χ2v) is 7.18. The molecule has 1 aromatic heterocycles. The lowest BCUT2D eigenvalue weighted by atomic mass is 10.1. The second-order valence-electron chi connectivity index (χ2n) is 5.67. The van der Waals surface area contributed by atoms with Crippen LogP contribution in [0.4, 0.5) is 0 Å². The number of hydrogen-bond donors (Lipinski definition) is 1. The second kappa shape index (κ2) is 4.72. The van der Waals surface area contributed by atoms with E-state index in [0.717, 1.165) is 30.0 Å². The van der Waals surface area contributed by atoms with Gasteiger partial charge in [0.05, 0.1) is 5.02 Å². The molecule has 2 aliphatic heterocycles. The highest BCUT2D eigenvalue weighted by Gasteiger charge is 2.39. The molecule has 104 valence electrons. The number of carbonyl (C=O) groups excluding carboxylic acids is 1. The Labute approximate surface area is 126 Å². The highest BCUT2D eigenvalue weighted by molar-refractivity contribution is 7.19. The zero-order chi connectivity index (χ0) is 13.7. The molecule has 0 unspecified atom stereocenters. The quantitative estimate of drug-likeness (QED) is 0.925. The van der Waals surface area contributed by atoms with Crippen LogP contribution in [0.5, 0.6) is 0 Å². The molecule has 0 saturated carbocycles. The van der Waals surface area contributed by atoms with E-state index in [1.807, 2.05) is 6.07 Å². The largest absolute Gasteiger partial charge is 0.352 e. The van der Waals surface area contributed by atoms with Crippen molar-refractivity contribution in [3.8, 4) is 0 Å². The van der Waals surface area contributed by atoms with E-state index in [0.29, 0.717) is 18.4 Å². The van der Waals surface area contributed by atoms with Gasteiger partial charge in [0, 0.05) is 53.0 Å². The molecule has 4 rings (SSSR count). The number of carbonyl (C=O) groups is 1. The molecule has 1 aromatic carbocycles. The average Bonchev–Trinajstić information content (AvgIpc) is 3.03. The smallest absolute Gasteiger partial charge is 0.220 e. The molecule has 3 nitrogen and oxygen atoms in total. The molecule has 0 bridgehead atoms. The Morgan fingerprint density at radius 3 is 3.00 bits per heavy atom. The van der Waals surface area contributed by atoms with Crippen molar-refractivity contribution in [3.63, 3.8) is 0 Å². The SMILES string of the molecule is O=C1C[C@H]2CN(Cc3sc4ccccc4c3Cl)C[C@H]2N1. The van der Waals surface area contributed by atoms with E-state index in [9.17, 15) is 4.79 Å². The molecular weight excluding hydrogens is 292 g/mol. The van der Waals surface area contributed by atoms with Crippen molar-refractivity contribution in [2.45, 2.75) is 19.0 Å². The molecule has 1 amide bonds. The van der Waals surface area contributed by atoms with E-state index in [1.54, 1.807) is 11.3 Å². The van der Waals surface area contributed by atoms with Crippen molar-refractivity contribution in [3.05, 3.63) is 34.2 Å². The Morgan fingerprint density at radius 2 is 2.20 bits per heavy atom. The zero-order valence-corrected chi connectivity index (χ0v) is 12.5. The third-order valence-corrected chi connectivity index (χ3v) is 5.98. The van der Waals surface area contributed by atoms with Gasteiger partial charge in [-0.1, -0.05) is 29.8 Å². The summed E-state index contributed by atoms with van der Waals surface area (Å²) in [6.45, 7) is 2.83. The summed E-state index contributed by atoms with van der Waals surface area (Å²) in [5.74, 6) is 0.690. The number of hydrogen-bond acceptors (Lipinski definition) is 3. The lowest BCUT2D eigenvalue weighted by molar-refractivity contribution is -0.119. The highest BCUT2D eigenvalue weighted by atomic mass is 35.5. The molecule has 0 spiro atoms. The van der Waals surface area contributed by atoms with Crippen molar-refractivity contribution in [1.82, 2.24) is 10.2 Å². The fraction of sp³-hybridized carbons (Fsp3) is 0.400. The zero-order valence-electron chi connectivity index (χ0n) is 10.9. The predicted octanol–water partition coefficient (Wildman–Crippen LogP) is 2.88. The van der Waals surface area contributed by atoms with Crippen LogP contribution in [-0.4, -0.2) is 29.9 Å². The van der Waals surface area contributed by atoms with Crippen LogP contribution in [0.3, 0.4) is 0 Å². The first-order valence-electron chi connectivity index (χ1n) is 6.88. The van der Waals surface area contributed by atoms with Crippen LogP contribution in [-0.2, 0) is 11.3 Å². The molecule has 2 aliphatic rings. The molecule has 1 N–H and O–H groups in total. The van der Waals surface area contributed by atoms with Crippen LogP contribution in [0.2, 0.25) is 5.02 Å². The van der Waals surface area contributed by atoms with Gasteiger partial charge in [-0.05, 0) is 6.07 Å². The number of rotatable bonds is 2. The summed E-state index contributed by atoms with van der Waals surface area (Å²) in [4.78, 5) is 15.0. The fourth-order valence-electron chi connectivity index (χ4n) is 3.33. The van der Waals surface area contributed by atoms with Gasteiger partial charge in [-0.3, -0.25) is 9.69 Å². The van der Waals surface area contributed by atoms with E-state index in [2.05, 4.69) is 28.4 Å². The van der Waals surface area contributed by atoms with Gasteiger partial charge in [-0.15, -0.1) is 11.3 Å². The molecule has 2 saturated heterocycles. The molecule has 2 atom stereocenters. The van der Waals surface area contributed by atoms with Gasteiger partial charge in [0.2, 0.25) is 5.91 Å². The van der Waals surface area contributed by atoms with Crippen LogP contribution in [0, 0.1) is 5.92 Å². The Hall–Kier alpha value is -1.10. The van der Waals surface area contributed by atoms with Crippen LogP contribution in [0.15, 0.2) is 24.3 Å². The molecule has 2 aromatic rings. The Kier molecular flexibility index (Phi) is 2.98. The van der Waals surface area contributed by atoms with Crippen molar-refractivity contribution >= 4 is 38.9 Å². The average molecular weight is 307 g/mol. The topological polar surface area (TPSA) is 32.3 Å². The minimum Gasteiger partial charge on any atom is -0.352 e. The number of halogens is 1. The van der Waals surface area contributed by atoms with Gasteiger partial charge in [0.25, 0.3) is 0 Å². The van der Waals surface area contributed by atoms with Crippen molar-refractivity contribution in [2.24, 2.45) is 5.92 Å². The number of thiophene rings is 1. The molecule has 0 radical (unpaired) electrons. The summed E-state index contributed by atoms with van der Waals surface area (Å²) < 4.78 is 1.25. The van der Waals surface area contributed by atoms with Gasteiger partial charge >= 0.3 is 0 Å². The van der Waals surface area contributed by atoms with Crippen molar-refractivity contribution in [2.75, 3.05) is 13.1 Å². The number of fused-ring (bicyclic) bond motifs is 2. The predicted molar refractivity (Wildman–Crippen MR) is 82.1 cm³/mol. The first-order valence-corrected chi connectivity index (χ1v) is 8.08. The first-order chi connectivity index (χ1) is 9.70. The maximum atomic E-state index is 11.3. The number of benzene rings is 1. The van der Waals surface area contributed by atoms with Crippen LogP contribution in [0.1, 0.15) is 11.3 Å².